The zero-order valence-corrected chi connectivity index (χ0v) is 10.8. The third-order valence-corrected chi connectivity index (χ3v) is 2.88. The second-order valence-electron chi connectivity index (χ2n) is 4.43. The molecule has 0 amide bonds. The zero-order valence-electron chi connectivity index (χ0n) is 10.8. The number of hydrogen-bond acceptors (Lipinski definition) is 3. The predicted octanol–water partition coefficient (Wildman–Crippen LogP) is 2.56. The highest BCUT2D eigenvalue weighted by Crippen LogP contribution is 2.24. The number of rotatable bonds is 5. The molecule has 0 heterocycles. The van der Waals surface area contributed by atoms with E-state index >= 15 is 0 Å². The second kappa shape index (κ2) is 6.40. The summed E-state index contributed by atoms with van der Waals surface area (Å²) in [5, 5.41) is 0. The average molecular weight is 235 g/mol. The monoisotopic (exact) mass is 235 g/mol. The molecular formula is C14H21NO2. The summed E-state index contributed by atoms with van der Waals surface area (Å²) in [5.41, 5.74) is 7.48. The van der Waals surface area contributed by atoms with Gasteiger partial charge in [-0.15, -0.1) is 0 Å². The van der Waals surface area contributed by atoms with Crippen molar-refractivity contribution in [3.05, 3.63) is 35.4 Å². The minimum atomic E-state index is -0.270. The van der Waals surface area contributed by atoms with Crippen LogP contribution in [0.1, 0.15) is 42.6 Å². The van der Waals surface area contributed by atoms with Gasteiger partial charge in [0.25, 0.3) is 0 Å². The molecule has 0 radical (unpaired) electrons. The normalized spacial score (nSPS) is 12.5. The fourth-order valence-corrected chi connectivity index (χ4v) is 1.90. The molecule has 2 N–H and O–H groups in total. The second-order valence-corrected chi connectivity index (χ2v) is 4.43. The molecule has 0 fully saturated rings. The maximum atomic E-state index is 11.6. The number of benzene rings is 1. The van der Waals surface area contributed by atoms with Crippen molar-refractivity contribution >= 4 is 5.97 Å². The highest BCUT2D eigenvalue weighted by Gasteiger charge is 2.16. The maximum absolute atomic E-state index is 11.6. The van der Waals surface area contributed by atoms with Crippen LogP contribution in [0.3, 0.4) is 0 Å². The summed E-state index contributed by atoms with van der Waals surface area (Å²) >= 11 is 0. The fraction of sp³-hybridized carbons (Fsp3) is 0.500. The molecule has 3 heteroatoms. The minimum absolute atomic E-state index is 0.270. The Bertz CT molecular complexity index is 374. The van der Waals surface area contributed by atoms with Crippen LogP contribution in [0.2, 0.25) is 0 Å². The summed E-state index contributed by atoms with van der Waals surface area (Å²) in [4.78, 5) is 11.6. The van der Waals surface area contributed by atoms with E-state index in [1.807, 2.05) is 18.2 Å². The summed E-state index contributed by atoms with van der Waals surface area (Å²) in [6.07, 6.45) is 0. The summed E-state index contributed by atoms with van der Waals surface area (Å²) in [6.45, 7) is 7.05. The first kappa shape index (κ1) is 13.7. The van der Waals surface area contributed by atoms with E-state index < -0.39 is 0 Å². The molecule has 0 aliphatic rings. The van der Waals surface area contributed by atoms with Crippen LogP contribution in [0.25, 0.3) is 0 Å². The van der Waals surface area contributed by atoms with Gasteiger partial charge in [-0.2, -0.15) is 0 Å². The third kappa shape index (κ3) is 3.56. The average Bonchev–Trinajstić information content (AvgIpc) is 2.30. The molecule has 0 bridgehead atoms. The Labute approximate surface area is 103 Å². The van der Waals surface area contributed by atoms with E-state index in [1.54, 1.807) is 13.0 Å². The van der Waals surface area contributed by atoms with E-state index in [9.17, 15) is 4.79 Å². The molecule has 1 atom stereocenters. The Morgan fingerprint density at radius 1 is 1.41 bits per heavy atom. The molecule has 1 rings (SSSR count). The van der Waals surface area contributed by atoms with E-state index in [0.717, 1.165) is 5.56 Å². The fourth-order valence-electron chi connectivity index (χ4n) is 1.90. The number of esters is 1. The van der Waals surface area contributed by atoms with Crippen LogP contribution in [0.4, 0.5) is 0 Å². The van der Waals surface area contributed by atoms with Crippen molar-refractivity contribution in [1.29, 1.82) is 0 Å². The van der Waals surface area contributed by atoms with Gasteiger partial charge >= 0.3 is 5.97 Å². The van der Waals surface area contributed by atoms with Crippen LogP contribution in [0.5, 0.6) is 0 Å². The first-order valence-corrected chi connectivity index (χ1v) is 6.07. The quantitative estimate of drug-likeness (QED) is 0.798. The van der Waals surface area contributed by atoms with E-state index in [-0.39, 0.29) is 11.9 Å². The van der Waals surface area contributed by atoms with Crippen molar-refractivity contribution in [3.8, 4) is 0 Å². The predicted molar refractivity (Wildman–Crippen MR) is 69.0 cm³/mol. The van der Waals surface area contributed by atoms with E-state index in [0.29, 0.717) is 24.6 Å². The molecule has 0 spiro atoms. The molecule has 0 aromatic heterocycles. The lowest BCUT2D eigenvalue weighted by Gasteiger charge is -2.19. The molecule has 3 nitrogen and oxygen atoms in total. The van der Waals surface area contributed by atoms with Gasteiger partial charge in [-0.1, -0.05) is 26.0 Å². The van der Waals surface area contributed by atoms with E-state index in [2.05, 4.69) is 13.8 Å². The van der Waals surface area contributed by atoms with E-state index in [1.165, 1.54) is 0 Å². The molecule has 1 aromatic carbocycles. The largest absolute Gasteiger partial charge is 0.462 e. The van der Waals surface area contributed by atoms with Crippen LogP contribution in [0.15, 0.2) is 24.3 Å². The molecule has 17 heavy (non-hydrogen) atoms. The Balaban J connectivity index is 2.95. The molecule has 0 aliphatic carbocycles. The van der Waals surface area contributed by atoms with Gasteiger partial charge in [0, 0.05) is 0 Å². The SMILES string of the molecule is CCOC(=O)c1cccc(C(CN)C(C)C)c1. The molecular weight excluding hydrogens is 214 g/mol. The third-order valence-electron chi connectivity index (χ3n) is 2.88. The van der Waals surface area contributed by atoms with E-state index in [4.69, 9.17) is 10.5 Å². The Morgan fingerprint density at radius 2 is 2.12 bits per heavy atom. The van der Waals surface area contributed by atoms with Crippen LogP contribution < -0.4 is 5.73 Å². The molecule has 94 valence electrons. The molecule has 1 unspecified atom stereocenters. The van der Waals surface area contributed by atoms with Gasteiger partial charge in [0.05, 0.1) is 12.2 Å². The number of ether oxygens (including phenoxy) is 1. The van der Waals surface area contributed by atoms with Gasteiger partial charge in [0.15, 0.2) is 0 Å². The van der Waals surface area contributed by atoms with Gasteiger partial charge in [0.1, 0.15) is 0 Å². The smallest absolute Gasteiger partial charge is 0.338 e. The van der Waals surface area contributed by atoms with Crippen molar-refractivity contribution in [3.63, 3.8) is 0 Å². The van der Waals surface area contributed by atoms with Gasteiger partial charge < -0.3 is 10.5 Å². The standard InChI is InChI=1S/C14H21NO2/c1-4-17-14(16)12-7-5-6-11(8-12)13(9-15)10(2)3/h5-8,10,13H,4,9,15H2,1-3H3. The summed E-state index contributed by atoms with van der Waals surface area (Å²) in [6, 6.07) is 7.55. The number of hydrogen-bond donors (Lipinski definition) is 1. The van der Waals surface area contributed by atoms with Crippen molar-refractivity contribution in [2.45, 2.75) is 26.7 Å². The van der Waals surface area contributed by atoms with Crippen molar-refractivity contribution < 1.29 is 9.53 Å². The van der Waals surface area contributed by atoms with Crippen molar-refractivity contribution in [1.82, 2.24) is 0 Å². The molecule has 0 saturated heterocycles. The van der Waals surface area contributed by atoms with Crippen LogP contribution in [-0.2, 0) is 4.74 Å². The maximum Gasteiger partial charge on any atom is 0.338 e. The van der Waals surface area contributed by atoms with Gasteiger partial charge in [-0.25, -0.2) is 4.79 Å². The van der Waals surface area contributed by atoms with Crippen molar-refractivity contribution in [2.75, 3.05) is 13.2 Å². The molecule has 0 aliphatic heterocycles. The number of nitrogens with two attached hydrogens (primary N) is 1. The summed E-state index contributed by atoms with van der Waals surface area (Å²) in [5.74, 6) is 0.468. The summed E-state index contributed by atoms with van der Waals surface area (Å²) in [7, 11) is 0. The first-order valence-electron chi connectivity index (χ1n) is 6.07. The molecule has 1 aromatic rings. The highest BCUT2D eigenvalue weighted by molar-refractivity contribution is 5.89. The van der Waals surface area contributed by atoms with Gasteiger partial charge in [0.2, 0.25) is 0 Å². The minimum Gasteiger partial charge on any atom is -0.462 e. The Hall–Kier alpha value is -1.35. The lowest BCUT2D eigenvalue weighted by atomic mass is 9.88. The highest BCUT2D eigenvalue weighted by atomic mass is 16.5. The van der Waals surface area contributed by atoms with Crippen LogP contribution >= 0.6 is 0 Å². The lowest BCUT2D eigenvalue weighted by molar-refractivity contribution is 0.0526. The van der Waals surface area contributed by atoms with Crippen LogP contribution in [-0.4, -0.2) is 19.1 Å². The zero-order chi connectivity index (χ0) is 12.8. The lowest BCUT2D eigenvalue weighted by Crippen LogP contribution is -2.18. The first-order chi connectivity index (χ1) is 8.10. The topological polar surface area (TPSA) is 52.3 Å². The van der Waals surface area contributed by atoms with Gasteiger partial charge in [-0.05, 0) is 43.0 Å². The number of carbonyl (C=O) groups is 1. The van der Waals surface area contributed by atoms with Crippen molar-refractivity contribution in [2.24, 2.45) is 11.7 Å². The van der Waals surface area contributed by atoms with Crippen LogP contribution in [0, 0.1) is 5.92 Å². The van der Waals surface area contributed by atoms with Gasteiger partial charge in [-0.3, -0.25) is 0 Å². The molecule has 0 saturated carbocycles. The number of carbonyl (C=O) groups excluding carboxylic acids is 1. The summed E-state index contributed by atoms with van der Waals surface area (Å²) < 4.78 is 4.99. The Morgan fingerprint density at radius 3 is 2.65 bits per heavy atom. The Kier molecular flexibility index (Phi) is 5.16.